The van der Waals surface area contributed by atoms with Crippen LogP contribution in [-0.4, -0.2) is 31.4 Å². The van der Waals surface area contributed by atoms with Crippen molar-refractivity contribution in [3.8, 4) is 11.3 Å². The summed E-state index contributed by atoms with van der Waals surface area (Å²) in [4.78, 5) is 16.9. The predicted molar refractivity (Wildman–Crippen MR) is 116 cm³/mol. The first-order valence-electron chi connectivity index (χ1n) is 8.97. The molecule has 0 aliphatic rings. The molecule has 0 atom stereocenters. The Bertz CT molecular complexity index is 959. The Kier molecular flexibility index (Phi) is 6.64. The van der Waals surface area contributed by atoms with Crippen LogP contribution in [0.4, 0.5) is 5.13 Å². The van der Waals surface area contributed by atoms with Crippen LogP contribution in [0.1, 0.15) is 31.2 Å². The van der Waals surface area contributed by atoms with E-state index in [0.717, 1.165) is 22.2 Å². The van der Waals surface area contributed by atoms with Crippen LogP contribution in [0.2, 0.25) is 0 Å². The van der Waals surface area contributed by atoms with Crippen LogP contribution >= 0.6 is 23.1 Å². The Morgan fingerprint density at radius 1 is 1.32 bits per heavy atom. The highest BCUT2D eigenvalue weighted by molar-refractivity contribution is 7.99. The summed E-state index contributed by atoms with van der Waals surface area (Å²) >= 11 is 2.78. The van der Waals surface area contributed by atoms with Crippen molar-refractivity contribution >= 4 is 34.1 Å². The topological polar surface area (TPSA) is 72.7 Å². The van der Waals surface area contributed by atoms with Gasteiger partial charge < -0.3 is 9.88 Å². The number of hydrogen-bond acceptors (Lipinski definition) is 6. The van der Waals surface area contributed by atoms with Crippen LogP contribution in [0.3, 0.4) is 0 Å². The predicted octanol–water partition coefficient (Wildman–Crippen LogP) is 4.75. The molecule has 0 aliphatic heterocycles. The van der Waals surface area contributed by atoms with Gasteiger partial charge in [0.05, 0.1) is 11.4 Å². The maximum atomic E-state index is 12.3. The van der Waals surface area contributed by atoms with Gasteiger partial charge in [0.25, 0.3) is 0 Å². The number of aryl methyl sites for hydroxylation is 1. The number of rotatable bonds is 8. The van der Waals surface area contributed by atoms with Crippen molar-refractivity contribution in [3.63, 3.8) is 0 Å². The monoisotopic (exact) mass is 413 g/mol. The second-order valence-electron chi connectivity index (χ2n) is 6.64. The number of thiazole rings is 1. The third-order valence-electron chi connectivity index (χ3n) is 4.00. The highest BCUT2D eigenvalue weighted by Gasteiger charge is 2.16. The van der Waals surface area contributed by atoms with E-state index in [2.05, 4.69) is 40.9 Å². The van der Waals surface area contributed by atoms with Crippen LogP contribution in [0.25, 0.3) is 11.3 Å². The zero-order valence-corrected chi connectivity index (χ0v) is 17.8. The Morgan fingerprint density at radius 3 is 2.75 bits per heavy atom. The fraction of sp³-hybridized carbons (Fsp3) is 0.300. The van der Waals surface area contributed by atoms with Gasteiger partial charge in [0, 0.05) is 23.4 Å². The molecule has 1 amide bonds. The fourth-order valence-corrected chi connectivity index (χ4v) is 4.10. The summed E-state index contributed by atoms with van der Waals surface area (Å²) in [6.45, 7) is 10.6. The molecule has 3 aromatic rings. The second kappa shape index (κ2) is 9.16. The van der Waals surface area contributed by atoms with E-state index in [4.69, 9.17) is 0 Å². The summed E-state index contributed by atoms with van der Waals surface area (Å²) in [5.41, 5.74) is 3.10. The Labute approximate surface area is 173 Å². The molecule has 0 spiro atoms. The number of benzene rings is 1. The first kappa shape index (κ1) is 20.3. The van der Waals surface area contributed by atoms with E-state index in [1.54, 1.807) is 0 Å². The van der Waals surface area contributed by atoms with Crippen LogP contribution in [0.5, 0.6) is 0 Å². The average molecular weight is 414 g/mol. The van der Waals surface area contributed by atoms with E-state index in [-0.39, 0.29) is 17.6 Å². The van der Waals surface area contributed by atoms with Gasteiger partial charge in [0.1, 0.15) is 5.82 Å². The van der Waals surface area contributed by atoms with Crippen molar-refractivity contribution < 1.29 is 4.79 Å². The standard InChI is InChI=1S/C20H23N5OS2/c1-5-10-25-18(13(2)3)23-24-20(25)28-12-17(26)22-19-21-16(11-27-19)15-8-6-14(4)7-9-15/h5-9,11,13H,1,10,12H2,2-4H3,(H,21,22,26). The zero-order valence-electron chi connectivity index (χ0n) is 16.2. The van der Waals surface area contributed by atoms with E-state index in [1.807, 2.05) is 47.2 Å². The molecule has 0 saturated heterocycles. The molecule has 0 unspecified atom stereocenters. The molecular weight excluding hydrogens is 390 g/mol. The van der Waals surface area contributed by atoms with Gasteiger partial charge in [0.2, 0.25) is 5.91 Å². The molecule has 1 aromatic carbocycles. The lowest BCUT2D eigenvalue weighted by molar-refractivity contribution is -0.113. The molecule has 0 bridgehead atoms. The number of amides is 1. The van der Waals surface area contributed by atoms with Crippen molar-refractivity contribution in [2.24, 2.45) is 0 Å². The number of thioether (sulfide) groups is 1. The molecule has 0 aliphatic carbocycles. The van der Waals surface area contributed by atoms with Gasteiger partial charge in [0.15, 0.2) is 10.3 Å². The summed E-state index contributed by atoms with van der Waals surface area (Å²) < 4.78 is 1.99. The summed E-state index contributed by atoms with van der Waals surface area (Å²) in [6, 6.07) is 8.16. The summed E-state index contributed by atoms with van der Waals surface area (Å²) in [5.74, 6) is 1.28. The van der Waals surface area contributed by atoms with E-state index in [9.17, 15) is 4.79 Å². The van der Waals surface area contributed by atoms with Gasteiger partial charge in [-0.25, -0.2) is 4.98 Å². The molecule has 6 nitrogen and oxygen atoms in total. The van der Waals surface area contributed by atoms with Crippen molar-refractivity contribution in [1.29, 1.82) is 0 Å². The first-order chi connectivity index (χ1) is 13.5. The summed E-state index contributed by atoms with van der Waals surface area (Å²) in [6.07, 6.45) is 1.81. The van der Waals surface area contributed by atoms with Crippen LogP contribution in [0.15, 0.2) is 47.5 Å². The largest absolute Gasteiger partial charge is 0.302 e. The highest BCUT2D eigenvalue weighted by atomic mass is 32.2. The molecule has 1 N–H and O–H groups in total. The molecule has 0 saturated carbocycles. The number of nitrogens with zero attached hydrogens (tertiary/aromatic N) is 4. The van der Waals surface area contributed by atoms with Crippen LogP contribution < -0.4 is 5.32 Å². The maximum absolute atomic E-state index is 12.3. The summed E-state index contributed by atoms with van der Waals surface area (Å²) in [7, 11) is 0. The minimum atomic E-state index is -0.117. The lowest BCUT2D eigenvalue weighted by Gasteiger charge is -2.09. The third-order valence-corrected chi connectivity index (χ3v) is 5.73. The third kappa shape index (κ3) is 4.88. The van der Waals surface area contributed by atoms with Crippen molar-refractivity contribution in [2.75, 3.05) is 11.1 Å². The van der Waals surface area contributed by atoms with Crippen molar-refractivity contribution in [3.05, 3.63) is 53.7 Å². The van der Waals surface area contributed by atoms with E-state index < -0.39 is 0 Å². The SMILES string of the molecule is C=CCn1c(SCC(=O)Nc2nc(-c3ccc(C)cc3)cs2)nnc1C(C)C. The highest BCUT2D eigenvalue weighted by Crippen LogP contribution is 2.26. The maximum Gasteiger partial charge on any atom is 0.236 e. The van der Waals surface area contributed by atoms with Crippen LogP contribution in [0, 0.1) is 6.92 Å². The van der Waals surface area contributed by atoms with Gasteiger partial charge in [-0.1, -0.05) is 61.5 Å². The van der Waals surface area contributed by atoms with Crippen molar-refractivity contribution in [2.45, 2.75) is 38.4 Å². The number of carbonyl (C=O) groups excluding carboxylic acids is 1. The number of allylic oxidation sites excluding steroid dienone is 1. The van der Waals surface area contributed by atoms with Gasteiger partial charge in [-0.3, -0.25) is 4.79 Å². The molecule has 0 radical (unpaired) electrons. The minimum Gasteiger partial charge on any atom is -0.302 e. The molecular formula is C20H23N5OS2. The quantitative estimate of drug-likeness (QED) is 0.426. The van der Waals surface area contributed by atoms with Gasteiger partial charge >= 0.3 is 0 Å². The lowest BCUT2D eigenvalue weighted by Crippen LogP contribution is -2.14. The molecule has 28 heavy (non-hydrogen) atoms. The minimum absolute atomic E-state index is 0.117. The Hall–Kier alpha value is -2.45. The van der Waals surface area contributed by atoms with Crippen LogP contribution in [-0.2, 0) is 11.3 Å². The number of aromatic nitrogens is 4. The van der Waals surface area contributed by atoms with Gasteiger partial charge in [-0.05, 0) is 6.92 Å². The lowest BCUT2D eigenvalue weighted by atomic mass is 10.1. The molecule has 146 valence electrons. The zero-order chi connectivity index (χ0) is 20.1. The van der Waals surface area contributed by atoms with E-state index in [0.29, 0.717) is 11.7 Å². The van der Waals surface area contributed by atoms with Crippen molar-refractivity contribution in [1.82, 2.24) is 19.7 Å². The smallest absolute Gasteiger partial charge is 0.236 e. The second-order valence-corrected chi connectivity index (χ2v) is 8.44. The van der Waals surface area contributed by atoms with E-state index in [1.165, 1.54) is 28.7 Å². The average Bonchev–Trinajstić information content (AvgIpc) is 3.28. The number of carbonyl (C=O) groups is 1. The first-order valence-corrected chi connectivity index (χ1v) is 10.8. The normalized spacial score (nSPS) is 11.0. The Balaban J connectivity index is 1.61. The fourth-order valence-electron chi connectivity index (χ4n) is 2.61. The molecule has 3 rings (SSSR count). The Morgan fingerprint density at radius 2 is 2.07 bits per heavy atom. The van der Waals surface area contributed by atoms with Gasteiger partial charge in [-0.15, -0.1) is 28.1 Å². The molecule has 8 heteroatoms. The number of anilines is 1. The van der Waals surface area contributed by atoms with Gasteiger partial charge in [-0.2, -0.15) is 0 Å². The summed E-state index contributed by atoms with van der Waals surface area (Å²) in [5, 5.41) is 14.6. The molecule has 2 aromatic heterocycles. The molecule has 0 fully saturated rings. The van der Waals surface area contributed by atoms with E-state index >= 15 is 0 Å². The molecule has 2 heterocycles. The number of nitrogens with one attached hydrogen (secondary N) is 1. The number of hydrogen-bond donors (Lipinski definition) is 1.